The Hall–Kier alpha value is 0.440. The molecule has 8 heavy (non-hydrogen) atoms. The number of unbranched alkanes of at least 4 members (excludes halogenated alkanes) is 1. The van der Waals surface area contributed by atoms with E-state index in [2.05, 4.69) is 22.9 Å². The summed E-state index contributed by atoms with van der Waals surface area (Å²) in [6.45, 7) is 2.41. The summed E-state index contributed by atoms with van der Waals surface area (Å²) < 4.78 is 0. The highest BCUT2D eigenvalue weighted by Crippen LogP contribution is 2.07. The fraction of sp³-hybridized carbons (Fsp3) is 1.00. The molecule has 1 atom stereocenters. The number of alkyl halides is 1. The first-order valence-corrected chi connectivity index (χ1v) is 3.97. The summed E-state index contributed by atoms with van der Waals surface area (Å²) in [5.41, 5.74) is 0. The van der Waals surface area contributed by atoms with E-state index in [4.69, 9.17) is 5.11 Å². The lowest BCUT2D eigenvalue weighted by Crippen LogP contribution is -2.02. The van der Waals surface area contributed by atoms with E-state index in [0.29, 0.717) is 4.83 Å². The predicted molar refractivity (Wildman–Crippen MR) is 39.3 cm³/mol. The van der Waals surface area contributed by atoms with Crippen molar-refractivity contribution in [3.63, 3.8) is 0 Å². The fourth-order valence-electron chi connectivity index (χ4n) is 0.517. The molecule has 0 saturated heterocycles. The van der Waals surface area contributed by atoms with E-state index < -0.39 is 0 Å². The van der Waals surface area contributed by atoms with Crippen molar-refractivity contribution in [1.29, 1.82) is 0 Å². The van der Waals surface area contributed by atoms with Gasteiger partial charge in [-0.25, -0.2) is 0 Å². The van der Waals surface area contributed by atoms with Crippen molar-refractivity contribution in [2.75, 3.05) is 6.61 Å². The van der Waals surface area contributed by atoms with E-state index in [9.17, 15) is 0 Å². The third kappa shape index (κ3) is 4.60. The van der Waals surface area contributed by atoms with E-state index in [-0.39, 0.29) is 6.61 Å². The van der Waals surface area contributed by atoms with Gasteiger partial charge in [0.15, 0.2) is 0 Å². The topological polar surface area (TPSA) is 20.2 Å². The molecular formula is C6H13BrO. The lowest BCUT2D eigenvalue weighted by molar-refractivity contribution is 0.291. The first kappa shape index (κ1) is 8.44. The quantitative estimate of drug-likeness (QED) is 0.657. The standard InChI is InChI=1S/C6H13BrO/c1-2-3-4-6(7)5-8/h6,8H,2-5H2,1H3/t6-/m0/s1. The van der Waals surface area contributed by atoms with Crippen LogP contribution in [0.15, 0.2) is 0 Å². The highest BCUT2D eigenvalue weighted by Gasteiger charge is 1.98. The molecule has 0 heterocycles. The molecule has 1 nitrogen and oxygen atoms in total. The lowest BCUT2D eigenvalue weighted by Gasteiger charge is -2.01. The van der Waals surface area contributed by atoms with E-state index in [0.717, 1.165) is 6.42 Å². The number of hydrogen-bond donors (Lipinski definition) is 1. The number of hydrogen-bond acceptors (Lipinski definition) is 1. The number of halogens is 1. The lowest BCUT2D eigenvalue weighted by atomic mass is 10.2. The molecule has 0 aliphatic heterocycles. The molecular weight excluding hydrogens is 168 g/mol. The van der Waals surface area contributed by atoms with Gasteiger partial charge in [-0.15, -0.1) is 0 Å². The average Bonchev–Trinajstić information content (AvgIpc) is 1.83. The van der Waals surface area contributed by atoms with Crippen LogP contribution in [-0.2, 0) is 0 Å². The van der Waals surface area contributed by atoms with Gasteiger partial charge >= 0.3 is 0 Å². The molecule has 0 amide bonds. The maximum Gasteiger partial charge on any atom is 0.0556 e. The van der Waals surface area contributed by atoms with Crippen LogP contribution >= 0.6 is 15.9 Å². The van der Waals surface area contributed by atoms with Crippen LogP contribution in [0.25, 0.3) is 0 Å². The van der Waals surface area contributed by atoms with Crippen LogP contribution in [0.3, 0.4) is 0 Å². The molecule has 0 aliphatic carbocycles. The van der Waals surface area contributed by atoms with E-state index >= 15 is 0 Å². The van der Waals surface area contributed by atoms with Crippen molar-refractivity contribution >= 4 is 15.9 Å². The number of aliphatic hydroxyl groups is 1. The molecule has 1 N–H and O–H groups in total. The van der Waals surface area contributed by atoms with Crippen LogP contribution in [0.1, 0.15) is 26.2 Å². The van der Waals surface area contributed by atoms with Gasteiger partial charge in [0, 0.05) is 4.83 Å². The third-order valence-electron chi connectivity index (χ3n) is 1.07. The molecule has 50 valence electrons. The summed E-state index contributed by atoms with van der Waals surface area (Å²) in [5, 5.41) is 8.51. The molecule has 0 bridgehead atoms. The average molecular weight is 181 g/mol. The minimum atomic E-state index is 0.264. The Balaban J connectivity index is 2.86. The molecule has 0 unspecified atom stereocenters. The second-order valence-electron chi connectivity index (χ2n) is 1.92. The predicted octanol–water partition coefficient (Wildman–Crippen LogP) is 1.93. The SMILES string of the molecule is CCCC[C@H](Br)CO. The van der Waals surface area contributed by atoms with Crippen LogP contribution in [-0.4, -0.2) is 16.5 Å². The van der Waals surface area contributed by atoms with Crippen LogP contribution in [0.4, 0.5) is 0 Å². The number of rotatable bonds is 4. The van der Waals surface area contributed by atoms with Gasteiger partial charge in [0.2, 0.25) is 0 Å². The molecule has 0 spiro atoms. The molecule has 0 aliphatic rings. The van der Waals surface area contributed by atoms with Crippen molar-refractivity contribution in [3.8, 4) is 0 Å². The summed E-state index contributed by atoms with van der Waals surface area (Å²) >= 11 is 3.33. The molecule has 0 saturated carbocycles. The summed E-state index contributed by atoms with van der Waals surface area (Å²) in [6.07, 6.45) is 3.51. The Morgan fingerprint density at radius 2 is 2.25 bits per heavy atom. The molecule has 0 aromatic heterocycles. The van der Waals surface area contributed by atoms with Gasteiger partial charge < -0.3 is 5.11 Å². The second kappa shape index (κ2) is 5.57. The second-order valence-corrected chi connectivity index (χ2v) is 3.22. The van der Waals surface area contributed by atoms with Crippen LogP contribution in [0.2, 0.25) is 0 Å². The van der Waals surface area contributed by atoms with Gasteiger partial charge in [-0.05, 0) is 6.42 Å². The molecule has 0 fully saturated rings. The zero-order valence-electron chi connectivity index (χ0n) is 5.23. The summed E-state index contributed by atoms with van der Waals surface area (Å²) in [6, 6.07) is 0. The van der Waals surface area contributed by atoms with Crippen LogP contribution in [0.5, 0.6) is 0 Å². The Morgan fingerprint density at radius 3 is 2.62 bits per heavy atom. The zero-order chi connectivity index (χ0) is 6.41. The normalized spacial score (nSPS) is 13.9. The van der Waals surface area contributed by atoms with Gasteiger partial charge in [-0.1, -0.05) is 35.7 Å². The minimum absolute atomic E-state index is 0.264. The molecule has 0 aromatic carbocycles. The van der Waals surface area contributed by atoms with Gasteiger partial charge in [0.1, 0.15) is 0 Å². The molecule has 0 aromatic rings. The Kier molecular flexibility index (Phi) is 5.88. The largest absolute Gasteiger partial charge is 0.395 e. The maximum absolute atomic E-state index is 8.51. The highest BCUT2D eigenvalue weighted by molar-refractivity contribution is 9.09. The first-order chi connectivity index (χ1) is 3.81. The molecule has 0 rings (SSSR count). The van der Waals surface area contributed by atoms with Crippen molar-refractivity contribution in [2.24, 2.45) is 0 Å². The maximum atomic E-state index is 8.51. The van der Waals surface area contributed by atoms with Gasteiger partial charge in [-0.3, -0.25) is 0 Å². The van der Waals surface area contributed by atoms with Gasteiger partial charge in [0.25, 0.3) is 0 Å². The van der Waals surface area contributed by atoms with Crippen molar-refractivity contribution in [2.45, 2.75) is 31.0 Å². The first-order valence-electron chi connectivity index (χ1n) is 3.06. The van der Waals surface area contributed by atoms with Gasteiger partial charge in [0.05, 0.1) is 6.61 Å². The Morgan fingerprint density at radius 1 is 1.62 bits per heavy atom. The number of aliphatic hydroxyl groups excluding tert-OH is 1. The van der Waals surface area contributed by atoms with Crippen LogP contribution in [0, 0.1) is 0 Å². The summed E-state index contributed by atoms with van der Waals surface area (Å²) in [5.74, 6) is 0. The van der Waals surface area contributed by atoms with Crippen LogP contribution < -0.4 is 0 Å². The van der Waals surface area contributed by atoms with Crippen molar-refractivity contribution in [1.82, 2.24) is 0 Å². The zero-order valence-corrected chi connectivity index (χ0v) is 6.82. The third-order valence-corrected chi connectivity index (χ3v) is 1.82. The van der Waals surface area contributed by atoms with E-state index in [1.165, 1.54) is 12.8 Å². The van der Waals surface area contributed by atoms with Crippen molar-refractivity contribution in [3.05, 3.63) is 0 Å². The smallest absolute Gasteiger partial charge is 0.0556 e. The van der Waals surface area contributed by atoms with E-state index in [1.54, 1.807) is 0 Å². The Bertz CT molecular complexity index is 47.8. The minimum Gasteiger partial charge on any atom is -0.395 e. The fourth-order valence-corrected chi connectivity index (χ4v) is 0.841. The summed E-state index contributed by atoms with van der Waals surface area (Å²) in [7, 11) is 0. The Labute approximate surface area is 59.2 Å². The van der Waals surface area contributed by atoms with Crippen molar-refractivity contribution < 1.29 is 5.11 Å². The molecule has 0 radical (unpaired) electrons. The summed E-state index contributed by atoms with van der Waals surface area (Å²) in [4.78, 5) is 0.322. The van der Waals surface area contributed by atoms with Gasteiger partial charge in [-0.2, -0.15) is 0 Å². The highest BCUT2D eigenvalue weighted by atomic mass is 79.9. The van der Waals surface area contributed by atoms with E-state index in [1.807, 2.05) is 0 Å². The monoisotopic (exact) mass is 180 g/mol. The molecule has 2 heteroatoms.